The molecule has 1 aromatic rings. The molecule has 23 heavy (non-hydrogen) atoms. The van der Waals surface area contributed by atoms with Crippen LogP contribution in [0.4, 0.5) is 5.69 Å². The zero-order valence-electron chi connectivity index (χ0n) is 14.2. The molecule has 1 saturated carbocycles. The van der Waals surface area contributed by atoms with Crippen molar-refractivity contribution in [2.45, 2.75) is 70.6 Å². The largest absolute Gasteiger partial charge is 0.486 e. The molecule has 0 radical (unpaired) electrons. The molecule has 2 unspecified atom stereocenters. The van der Waals surface area contributed by atoms with Gasteiger partial charge in [0.15, 0.2) is 5.78 Å². The minimum atomic E-state index is -0.135. The van der Waals surface area contributed by atoms with E-state index in [4.69, 9.17) is 4.74 Å². The average molecular weight is 316 g/mol. The quantitative estimate of drug-likeness (QED) is 0.812. The van der Waals surface area contributed by atoms with Gasteiger partial charge in [-0.05, 0) is 44.4 Å². The summed E-state index contributed by atoms with van der Waals surface area (Å²) in [5.41, 5.74) is 1.69. The highest BCUT2D eigenvalue weighted by atomic mass is 16.5. The van der Waals surface area contributed by atoms with Crippen molar-refractivity contribution in [2.24, 2.45) is 0 Å². The molecule has 1 heterocycles. The number of hydrogen-bond acceptors (Lipinski definition) is 4. The molecule has 4 nitrogen and oxygen atoms in total. The second kappa shape index (κ2) is 7.35. The van der Waals surface area contributed by atoms with E-state index in [-0.39, 0.29) is 17.9 Å². The monoisotopic (exact) mass is 316 g/mol. The minimum absolute atomic E-state index is 0.135. The number of Topliss-reactive ketones (excluding diaryl/α,β-unsaturated/α-hetero) is 1. The maximum atomic E-state index is 12.7. The lowest BCUT2D eigenvalue weighted by molar-refractivity contribution is 0.0940. The topological polar surface area (TPSA) is 50.4 Å². The van der Waals surface area contributed by atoms with E-state index in [1.54, 1.807) is 0 Å². The summed E-state index contributed by atoms with van der Waals surface area (Å²) in [7, 11) is 0. The van der Waals surface area contributed by atoms with Crippen molar-refractivity contribution in [3.05, 3.63) is 23.8 Å². The number of fused-ring (bicyclic) bond motifs is 1. The second-order valence-electron chi connectivity index (χ2n) is 6.83. The van der Waals surface area contributed by atoms with Gasteiger partial charge >= 0.3 is 0 Å². The van der Waals surface area contributed by atoms with Crippen molar-refractivity contribution in [2.75, 3.05) is 11.9 Å². The van der Waals surface area contributed by atoms with Crippen LogP contribution in [0.25, 0.3) is 0 Å². The van der Waals surface area contributed by atoms with Crippen molar-refractivity contribution in [1.82, 2.24) is 5.32 Å². The lowest BCUT2D eigenvalue weighted by Gasteiger charge is -2.28. The summed E-state index contributed by atoms with van der Waals surface area (Å²) in [6, 6.07) is 6.10. The number of ether oxygens (including phenoxy) is 1. The van der Waals surface area contributed by atoms with Gasteiger partial charge in [-0.25, -0.2) is 0 Å². The van der Waals surface area contributed by atoms with Crippen LogP contribution in [0.5, 0.6) is 5.75 Å². The van der Waals surface area contributed by atoms with Crippen LogP contribution in [0.1, 0.15) is 62.7 Å². The fourth-order valence-corrected chi connectivity index (χ4v) is 3.55. The van der Waals surface area contributed by atoms with Crippen LogP contribution in [0.15, 0.2) is 18.2 Å². The SMILES string of the molecule is CCC1CNc2cc(C(=O)C(C)NC3CCCCC3)ccc2O1. The molecule has 2 atom stereocenters. The number of anilines is 1. The van der Waals surface area contributed by atoms with E-state index < -0.39 is 0 Å². The molecule has 1 fully saturated rings. The van der Waals surface area contributed by atoms with E-state index >= 15 is 0 Å². The van der Waals surface area contributed by atoms with Crippen LogP contribution in [0.2, 0.25) is 0 Å². The average Bonchev–Trinajstić information content (AvgIpc) is 2.61. The molecule has 1 aliphatic heterocycles. The number of carbonyl (C=O) groups excluding carboxylic acids is 1. The number of nitrogens with one attached hydrogen (secondary N) is 2. The fraction of sp³-hybridized carbons (Fsp3) is 0.632. The molecule has 2 aliphatic rings. The van der Waals surface area contributed by atoms with Gasteiger partial charge < -0.3 is 15.4 Å². The minimum Gasteiger partial charge on any atom is -0.486 e. The number of ketones is 1. The normalized spacial score (nSPS) is 22.6. The first kappa shape index (κ1) is 16.3. The summed E-state index contributed by atoms with van der Waals surface area (Å²) in [6.45, 7) is 4.90. The third kappa shape index (κ3) is 3.86. The Morgan fingerprint density at radius 3 is 2.87 bits per heavy atom. The molecule has 0 saturated heterocycles. The summed E-state index contributed by atoms with van der Waals surface area (Å²) in [5.74, 6) is 1.02. The van der Waals surface area contributed by atoms with E-state index in [0.29, 0.717) is 6.04 Å². The Kier molecular flexibility index (Phi) is 5.21. The Balaban J connectivity index is 1.65. The molecule has 0 amide bonds. The summed E-state index contributed by atoms with van der Waals surface area (Å²) < 4.78 is 5.91. The van der Waals surface area contributed by atoms with Gasteiger partial charge in [-0.2, -0.15) is 0 Å². The lowest BCUT2D eigenvalue weighted by atomic mass is 9.94. The van der Waals surface area contributed by atoms with Crippen molar-refractivity contribution in [3.8, 4) is 5.75 Å². The summed E-state index contributed by atoms with van der Waals surface area (Å²) in [6.07, 6.45) is 7.46. The first-order valence-corrected chi connectivity index (χ1v) is 9.02. The van der Waals surface area contributed by atoms with E-state index in [1.807, 2.05) is 25.1 Å². The maximum Gasteiger partial charge on any atom is 0.179 e. The first-order chi connectivity index (χ1) is 11.2. The Labute approximate surface area is 139 Å². The number of carbonyl (C=O) groups is 1. The molecule has 0 aromatic heterocycles. The zero-order chi connectivity index (χ0) is 16.2. The molecule has 0 bridgehead atoms. The van der Waals surface area contributed by atoms with Crippen LogP contribution in [-0.2, 0) is 0 Å². The number of rotatable bonds is 5. The summed E-state index contributed by atoms with van der Waals surface area (Å²) >= 11 is 0. The van der Waals surface area contributed by atoms with Gasteiger partial charge in [0.1, 0.15) is 11.9 Å². The van der Waals surface area contributed by atoms with Crippen LogP contribution < -0.4 is 15.4 Å². The van der Waals surface area contributed by atoms with Crippen molar-refractivity contribution in [3.63, 3.8) is 0 Å². The molecular weight excluding hydrogens is 288 g/mol. The molecule has 4 heteroatoms. The van der Waals surface area contributed by atoms with Gasteiger partial charge in [0, 0.05) is 11.6 Å². The van der Waals surface area contributed by atoms with E-state index in [1.165, 1.54) is 32.1 Å². The van der Waals surface area contributed by atoms with Crippen molar-refractivity contribution in [1.29, 1.82) is 0 Å². The summed E-state index contributed by atoms with van der Waals surface area (Å²) in [4.78, 5) is 12.7. The number of benzene rings is 1. The van der Waals surface area contributed by atoms with Gasteiger partial charge in [-0.1, -0.05) is 26.2 Å². The molecule has 0 spiro atoms. The lowest BCUT2D eigenvalue weighted by Crippen LogP contribution is -2.42. The van der Waals surface area contributed by atoms with Crippen LogP contribution >= 0.6 is 0 Å². The van der Waals surface area contributed by atoms with Gasteiger partial charge in [-0.15, -0.1) is 0 Å². The van der Waals surface area contributed by atoms with Gasteiger partial charge in [0.2, 0.25) is 0 Å². The van der Waals surface area contributed by atoms with Crippen LogP contribution in [0.3, 0.4) is 0 Å². The molecule has 1 aromatic carbocycles. The predicted octanol–water partition coefficient (Wildman–Crippen LogP) is 3.76. The Hall–Kier alpha value is -1.55. The Morgan fingerprint density at radius 1 is 1.35 bits per heavy atom. The van der Waals surface area contributed by atoms with Crippen molar-refractivity contribution < 1.29 is 9.53 Å². The number of hydrogen-bond donors (Lipinski definition) is 2. The van der Waals surface area contributed by atoms with Gasteiger partial charge in [0.25, 0.3) is 0 Å². The predicted molar refractivity (Wildman–Crippen MR) is 93.4 cm³/mol. The smallest absolute Gasteiger partial charge is 0.179 e. The third-order valence-corrected chi connectivity index (χ3v) is 5.02. The van der Waals surface area contributed by atoms with Crippen molar-refractivity contribution >= 4 is 11.5 Å². The fourth-order valence-electron chi connectivity index (χ4n) is 3.55. The Morgan fingerprint density at radius 2 is 2.13 bits per heavy atom. The molecule has 1 aliphatic carbocycles. The van der Waals surface area contributed by atoms with Crippen LogP contribution in [0, 0.1) is 0 Å². The standard InChI is InChI=1S/C19H28N2O2/c1-3-16-12-20-17-11-14(9-10-18(17)23-16)19(22)13(2)21-15-7-5-4-6-8-15/h9-11,13,15-16,20-21H,3-8,12H2,1-2H3. The molecule has 3 rings (SSSR count). The third-order valence-electron chi connectivity index (χ3n) is 5.02. The first-order valence-electron chi connectivity index (χ1n) is 9.02. The van der Waals surface area contributed by atoms with E-state index in [9.17, 15) is 4.79 Å². The summed E-state index contributed by atoms with van der Waals surface area (Å²) in [5, 5.41) is 6.89. The molecular formula is C19H28N2O2. The Bertz CT molecular complexity index is 552. The zero-order valence-corrected chi connectivity index (χ0v) is 14.2. The highest BCUT2D eigenvalue weighted by Gasteiger charge is 2.23. The molecule has 126 valence electrons. The molecule has 2 N–H and O–H groups in total. The van der Waals surface area contributed by atoms with E-state index in [0.717, 1.165) is 30.0 Å². The van der Waals surface area contributed by atoms with E-state index in [2.05, 4.69) is 17.6 Å². The highest BCUT2D eigenvalue weighted by Crippen LogP contribution is 2.31. The van der Waals surface area contributed by atoms with Gasteiger partial charge in [0.05, 0.1) is 18.3 Å². The maximum absolute atomic E-state index is 12.7. The second-order valence-corrected chi connectivity index (χ2v) is 6.83. The van der Waals surface area contributed by atoms with Gasteiger partial charge in [-0.3, -0.25) is 4.79 Å². The van der Waals surface area contributed by atoms with Crippen LogP contribution in [-0.4, -0.2) is 30.5 Å². The highest BCUT2D eigenvalue weighted by molar-refractivity contribution is 6.01.